The Kier molecular flexibility index (Phi) is 7.47. The van der Waals surface area contributed by atoms with E-state index >= 15 is 0 Å². The van der Waals surface area contributed by atoms with E-state index < -0.39 is 36.4 Å². The molecule has 0 bridgehead atoms. The molecule has 0 saturated heterocycles. The number of aliphatic hydroxyl groups excluding tert-OH is 2. The Morgan fingerprint density at radius 2 is 1.76 bits per heavy atom. The van der Waals surface area contributed by atoms with Crippen LogP contribution in [0.5, 0.6) is 0 Å². The van der Waals surface area contributed by atoms with Gasteiger partial charge >= 0.3 is 11.9 Å². The highest BCUT2D eigenvalue weighted by Gasteiger charge is 2.39. The minimum absolute atomic E-state index is 0.0337. The molecular weight excluding hydrogens is 541 g/mol. The molecule has 0 amide bonds. The van der Waals surface area contributed by atoms with E-state index in [1.807, 2.05) is 0 Å². The third-order valence-corrected chi connectivity index (χ3v) is 5.98. The number of benzene rings is 2. The Morgan fingerprint density at radius 1 is 1.08 bits per heavy atom. The van der Waals surface area contributed by atoms with Crippen molar-refractivity contribution in [3.05, 3.63) is 86.7 Å². The molecule has 8 nitrogen and oxygen atoms in total. The predicted molar refractivity (Wildman–Crippen MR) is 127 cm³/mol. The Morgan fingerprint density at radius 3 is 2.38 bits per heavy atom. The van der Waals surface area contributed by atoms with Crippen LogP contribution in [0.4, 0.5) is 17.6 Å². The fourth-order valence-corrected chi connectivity index (χ4v) is 3.93. The summed E-state index contributed by atoms with van der Waals surface area (Å²) in [5.41, 5.74) is -0.515. The maximum absolute atomic E-state index is 14.6. The van der Waals surface area contributed by atoms with Crippen LogP contribution in [0.1, 0.15) is 24.7 Å². The molecule has 0 aliphatic rings. The van der Waals surface area contributed by atoms with Crippen LogP contribution in [0, 0.1) is 5.82 Å². The average molecular weight is 560 g/mol. The van der Waals surface area contributed by atoms with Gasteiger partial charge in [0.1, 0.15) is 11.8 Å². The van der Waals surface area contributed by atoms with Crippen molar-refractivity contribution in [3.63, 3.8) is 0 Å². The monoisotopic (exact) mass is 559 g/mol. The first kappa shape index (κ1) is 26.9. The maximum atomic E-state index is 14.6. The van der Waals surface area contributed by atoms with Gasteiger partial charge in [0.25, 0.3) is 0 Å². The lowest BCUT2D eigenvalue weighted by atomic mass is 10.1. The number of aromatic nitrogens is 5. The third kappa shape index (κ3) is 5.57. The van der Waals surface area contributed by atoms with Gasteiger partial charge in [-0.15, -0.1) is 5.10 Å². The quantitative estimate of drug-likeness (QED) is 0.328. The summed E-state index contributed by atoms with van der Waals surface area (Å²) < 4.78 is 56.7. The summed E-state index contributed by atoms with van der Waals surface area (Å²) in [6, 6.07) is 10.2. The summed E-state index contributed by atoms with van der Waals surface area (Å²) in [4.78, 5) is 17.3. The van der Waals surface area contributed by atoms with Crippen LogP contribution in [0.25, 0.3) is 16.9 Å². The van der Waals surface area contributed by atoms with Crippen molar-refractivity contribution in [2.24, 2.45) is 0 Å². The zero-order valence-electron chi connectivity index (χ0n) is 19.0. The van der Waals surface area contributed by atoms with Crippen LogP contribution >= 0.6 is 23.2 Å². The first-order chi connectivity index (χ1) is 17.4. The number of imidazole rings is 1. The lowest BCUT2D eigenvalue weighted by Crippen LogP contribution is -2.37. The van der Waals surface area contributed by atoms with Crippen molar-refractivity contribution in [3.8, 4) is 16.9 Å². The number of aliphatic hydroxyl groups is 2. The zero-order valence-corrected chi connectivity index (χ0v) is 20.5. The van der Waals surface area contributed by atoms with Gasteiger partial charge in [-0.05, 0) is 36.8 Å². The fraction of sp³-hybridized carbons (Fsp3) is 0.261. The second-order valence-electron chi connectivity index (χ2n) is 8.15. The molecule has 196 valence electrons. The maximum Gasteiger partial charge on any atom is 0.416 e. The molecule has 0 aliphatic carbocycles. The fourth-order valence-electron chi connectivity index (χ4n) is 3.64. The van der Waals surface area contributed by atoms with Crippen LogP contribution < -0.4 is 5.69 Å². The summed E-state index contributed by atoms with van der Waals surface area (Å²) in [5, 5.41) is 24.2. The number of halogens is 6. The molecule has 2 atom stereocenters. The summed E-state index contributed by atoms with van der Waals surface area (Å²) in [5.74, 6) is -0.889. The Hall–Kier alpha value is -3.19. The molecule has 37 heavy (non-hydrogen) atoms. The molecule has 0 aliphatic heterocycles. The number of alkyl halides is 3. The molecule has 0 saturated carbocycles. The van der Waals surface area contributed by atoms with E-state index in [0.717, 1.165) is 13.8 Å². The standard InChI is InChI=1S/C23H19Cl2F4N5O3/c1-12(35)21-30-19(31-34(21)16-4-2-3-15(25)20(16)26)11-32-9-17(13-5-7-14(24)8-6-13)33(22(32)37)10-18(36)23(27,28)29/h2-9,12,18,35-36H,10-11H2,1H3/t12-,18?/m0/s1. The molecule has 0 fully saturated rings. The largest absolute Gasteiger partial charge is 0.416 e. The SMILES string of the molecule is C[C@H](O)c1nc(Cn2cc(-c3ccc(Cl)cc3)n(CC(O)C(F)(F)F)c2=O)nn1-c1cccc(Cl)c1F. The van der Waals surface area contributed by atoms with Gasteiger partial charge in [0.05, 0.1) is 23.8 Å². The number of rotatable bonds is 7. The Labute approximate surface area is 216 Å². The molecule has 14 heteroatoms. The first-order valence-electron chi connectivity index (χ1n) is 10.8. The van der Waals surface area contributed by atoms with Gasteiger partial charge in [-0.2, -0.15) is 13.2 Å². The third-order valence-electron chi connectivity index (χ3n) is 5.44. The van der Waals surface area contributed by atoms with E-state index in [0.29, 0.717) is 10.6 Å². The molecule has 2 aromatic heterocycles. The second kappa shape index (κ2) is 10.3. The van der Waals surface area contributed by atoms with Crippen molar-refractivity contribution in [1.29, 1.82) is 0 Å². The highest BCUT2D eigenvalue weighted by atomic mass is 35.5. The number of hydrogen-bond donors (Lipinski definition) is 2. The first-order valence-corrected chi connectivity index (χ1v) is 11.5. The van der Waals surface area contributed by atoms with Gasteiger partial charge in [0, 0.05) is 11.2 Å². The van der Waals surface area contributed by atoms with E-state index in [1.165, 1.54) is 55.6 Å². The Balaban J connectivity index is 1.79. The molecule has 1 unspecified atom stereocenters. The molecule has 4 aromatic rings. The van der Waals surface area contributed by atoms with Gasteiger partial charge in [0.2, 0.25) is 0 Å². The van der Waals surface area contributed by atoms with E-state index in [-0.39, 0.29) is 34.6 Å². The van der Waals surface area contributed by atoms with Gasteiger partial charge in [-0.3, -0.25) is 9.13 Å². The predicted octanol–water partition coefficient (Wildman–Crippen LogP) is 4.37. The summed E-state index contributed by atoms with van der Waals surface area (Å²) in [6.07, 6.45) is -7.64. The smallest absolute Gasteiger partial charge is 0.385 e. The van der Waals surface area contributed by atoms with E-state index in [9.17, 15) is 32.6 Å². The van der Waals surface area contributed by atoms with Crippen LogP contribution in [0.15, 0.2) is 53.5 Å². The highest BCUT2D eigenvalue weighted by Crippen LogP contribution is 2.26. The molecule has 0 radical (unpaired) electrons. The minimum Gasteiger partial charge on any atom is -0.385 e. The van der Waals surface area contributed by atoms with Crippen molar-refractivity contribution in [2.75, 3.05) is 0 Å². The van der Waals surface area contributed by atoms with Crippen LogP contribution in [0.3, 0.4) is 0 Å². The van der Waals surface area contributed by atoms with Crippen LogP contribution in [0.2, 0.25) is 10.0 Å². The summed E-state index contributed by atoms with van der Waals surface area (Å²) >= 11 is 11.8. The lowest BCUT2D eigenvalue weighted by Gasteiger charge is -2.16. The van der Waals surface area contributed by atoms with Crippen molar-refractivity contribution in [2.45, 2.75) is 38.4 Å². The molecule has 2 N–H and O–H groups in total. The molecular formula is C23H19Cl2F4N5O3. The van der Waals surface area contributed by atoms with Gasteiger partial charge in [-0.1, -0.05) is 41.4 Å². The van der Waals surface area contributed by atoms with Gasteiger partial charge in [0.15, 0.2) is 23.6 Å². The summed E-state index contributed by atoms with van der Waals surface area (Å²) in [6.45, 7) is -0.00217. The topological polar surface area (TPSA) is 98.1 Å². The van der Waals surface area contributed by atoms with E-state index in [1.54, 1.807) is 0 Å². The second-order valence-corrected chi connectivity index (χ2v) is 8.99. The van der Waals surface area contributed by atoms with E-state index in [2.05, 4.69) is 10.1 Å². The van der Waals surface area contributed by atoms with Crippen molar-refractivity contribution >= 4 is 23.2 Å². The van der Waals surface area contributed by atoms with Gasteiger partial charge < -0.3 is 10.2 Å². The molecule has 0 spiro atoms. The Bertz CT molecular complexity index is 1480. The number of hydrogen-bond acceptors (Lipinski definition) is 5. The summed E-state index contributed by atoms with van der Waals surface area (Å²) in [7, 11) is 0. The average Bonchev–Trinajstić information content (AvgIpc) is 3.38. The highest BCUT2D eigenvalue weighted by molar-refractivity contribution is 6.31. The molecule has 2 aromatic carbocycles. The minimum atomic E-state index is -4.95. The molecule has 4 rings (SSSR count). The normalized spacial score (nSPS) is 13.6. The van der Waals surface area contributed by atoms with Crippen LogP contribution in [-0.2, 0) is 13.1 Å². The van der Waals surface area contributed by atoms with Crippen LogP contribution in [-0.4, -0.2) is 46.4 Å². The van der Waals surface area contributed by atoms with Gasteiger partial charge in [-0.25, -0.2) is 18.9 Å². The van der Waals surface area contributed by atoms with Crippen molar-refractivity contribution in [1.82, 2.24) is 23.9 Å². The lowest BCUT2D eigenvalue weighted by molar-refractivity contribution is -0.207. The number of nitrogens with zero attached hydrogens (tertiary/aromatic N) is 5. The molecule has 2 heterocycles. The van der Waals surface area contributed by atoms with E-state index in [4.69, 9.17) is 23.2 Å². The van der Waals surface area contributed by atoms with Crippen molar-refractivity contribution < 1.29 is 27.8 Å². The zero-order chi connectivity index (χ0) is 27.1.